The highest BCUT2D eigenvalue weighted by atomic mass is 19.4. The van der Waals surface area contributed by atoms with Gasteiger partial charge in [0.1, 0.15) is 0 Å². The van der Waals surface area contributed by atoms with Crippen LogP contribution in [-0.4, -0.2) is 0 Å². The van der Waals surface area contributed by atoms with Gasteiger partial charge >= 0.3 is 6.18 Å². The first-order valence-corrected chi connectivity index (χ1v) is 4.28. The van der Waals surface area contributed by atoms with Gasteiger partial charge in [-0.3, -0.25) is 0 Å². The van der Waals surface area contributed by atoms with Crippen LogP contribution in [0.2, 0.25) is 0 Å². The molecular formula is C11H8F3. The van der Waals surface area contributed by atoms with E-state index in [9.17, 15) is 13.2 Å². The van der Waals surface area contributed by atoms with Crippen molar-refractivity contribution < 1.29 is 13.2 Å². The minimum atomic E-state index is -4.26. The fourth-order valence-corrected chi connectivity index (χ4v) is 1.59. The molecule has 1 aliphatic carbocycles. The van der Waals surface area contributed by atoms with Crippen LogP contribution >= 0.6 is 0 Å². The molecule has 0 aromatic heterocycles. The zero-order valence-electron chi connectivity index (χ0n) is 7.31. The highest BCUT2D eigenvalue weighted by Crippen LogP contribution is 2.35. The van der Waals surface area contributed by atoms with Crippen molar-refractivity contribution in [2.45, 2.75) is 12.6 Å². The van der Waals surface area contributed by atoms with Gasteiger partial charge in [-0.05, 0) is 23.6 Å². The molecular weight excluding hydrogens is 189 g/mol. The molecule has 0 saturated heterocycles. The summed E-state index contributed by atoms with van der Waals surface area (Å²) in [6.45, 7) is 0. The summed E-state index contributed by atoms with van der Waals surface area (Å²) < 4.78 is 37.6. The molecule has 2 rings (SSSR count). The lowest BCUT2D eigenvalue weighted by Crippen LogP contribution is -2.11. The molecule has 0 N–H and O–H groups in total. The molecule has 0 unspecified atom stereocenters. The minimum absolute atomic E-state index is 0.308. The Morgan fingerprint density at radius 1 is 1.14 bits per heavy atom. The Balaban J connectivity index is 2.54. The third-order valence-electron chi connectivity index (χ3n) is 2.24. The summed E-state index contributed by atoms with van der Waals surface area (Å²) >= 11 is 0. The Labute approximate surface area is 80.1 Å². The maximum atomic E-state index is 12.5. The second kappa shape index (κ2) is 3.15. The van der Waals surface area contributed by atoms with Crippen LogP contribution in [0.4, 0.5) is 13.2 Å². The lowest BCUT2D eigenvalue weighted by atomic mass is 9.92. The van der Waals surface area contributed by atoms with E-state index in [4.69, 9.17) is 0 Å². The standard InChI is InChI=1S/C11H8F3/c12-11(13,14)10-7-3-5-8-4-1-2-6-9(8)10/h1-3,5-7H,4H2. The van der Waals surface area contributed by atoms with Crippen molar-refractivity contribution in [2.24, 2.45) is 0 Å². The third kappa shape index (κ3) is 1.54. The quantitative estimate of drug-likeness (QED) is 0.598. The summed E-state index contributed by atoms with van der Waals surface area (Å²) in [5.41, 5.74) is 0.504. The molecule has 1 aromatic carbocycles. The van der Waals surface area contributed by atoms with Crippen LogP contribution in [0.25, 0.3) is 0 Å². The highest BCUT2D eigenvalue weighted by Gasteiger charge is 2.33. The van der Waals surface area contributed by atoms with E-state index in [-0.39, 0.29) is 0 Å². The fourth-order valence-electron chi connectivity index (χ4n) is 1.59. The molecule has 1 aromatic rings. The summed E-state index contributed by atoms with van der Waals surface area (Å²) in [4.78, 5) is 0. The van der Waals surface area contributed by atoms with Gasteiger partial charge in [-0.15, -0.1) is 0 Å². The number of allylic oxidation sites excluding steroid dienone is 2. The van der Waals surface area contributed by atoms with Crippen LogP contribution < -0.4 is 0 Å². The maximum absolute atomic E-state index is 12.5. The van der Waals surface area contributed by atoms with Crippen LogP contribution in [-0.2, 0) is 12.6 Å². The monoisotopic (exact) mass is 197 g/mol. The van der Waals surface area contributed by atoms with Gasteiger partial charge in [-0.1, -0.05) is 24.3 Å². The van der Waals surface area contributed by atoms with Crippen LogP contribution in [0.15, 0.2) is 30.4 Å². The molecule has 1 aliphatic rings. The van der Waals surface area contributed by atoms with Crippen molar-refractivity contribution in [1.29, 1.82) is 0 Å². The summed E-state index contributed by atoms with van der Waals surface area (Å²) in [5, 5.41) is 0. The first-order valence-electron chi connectivity index (χ1n) is 4.28. The normalized spacial score (nSPS) is 15.4. The van der Waals surface area contributed by atoms with Crippen LogP contribution in [0.1, 0.15) is 16.7 Å². The predicted molar refractivity (Wildman–Crippen MR) is 47.7 cm³/mol. The van der Waals surface area contributed by atoms with Crippen molar-refractivity contribution in [3.05, 3.63) is 53.5 Å². The van der Waals surface area contributed by atoms with Crippen LogP contribution in [0, 0.1) is 6.42 Å². The molecule has 0 amide bonds. The number of fused-ring (bicyclic) bond motifs is 1. The molecule has 0 heterocycles. The smallest absolute Gasteiger partial charge is 0.166 e. The Morgan fingerprint density at radius 2 is 1.93 bits per heavy atom. The van der Waals surface area contributed by atoms with E-state index in [2.05, 4.69) is 0 Å². The number of alkyl halides is 3. The van der Waals surface area contributed by atoms with Crippen molar-refractivity contribution in [1.82, 2.24) is 0 Å². The molecule has 0 nitrogen and oxygen atoms in total. The Bertz CT molecular complexity index is 375. The average molecular weight is 197 g/mol. The number of rotatable bonds is 0. The highest BCUT2D eigenvalue weighted by molar-refractivity contribution is 5.47. The van der Waals surface area contributed by atoms with E-state index >= 15 is 0 Å². The second-order valence-electron chi connectivity index (χ2n) is 3.18. The van der Waals surface area contributed by atoms with Crippen LogP contribution in [0.3, 0.4) is 0 Å². The van der Waals surface area contributed by atoms with Crippen molar-refractivity contribution in [2.75, 3.05) is 0 Å². The first-order chi connectivity index (χ1) is 6.59. The van der Waals surface area contributed by atoms with E-state index in [1.54, 1.807) is 12.1 Å². The lowest BCUT2D eigenvalue weighted by Gasteiger charge is -2.17. The Kier molecular flexibility index (Phi) is 2.10. The van der Waals surface area contributed by atoms with E-state index in [1.807, 2.05) is 6.08 Å². The third-order valence-corrected chi connectivity index (χ3v) is 2.24. The molecule has 0 saturated carbocycles. The van der Waals surface area contributed by atoms with Gasteiger partial charge in [0.2, 0.25) is 0 Å². The molecule has 0 fully saturated rings. The molecule has 1 radical (unpaired) electrons. The molecule has 0 spiro atoms. The Hall–Kier alpha value is -1.25. The summed E-state index contributed by atoms with van der Waals surface area (Å²) in [7, 11) is 0. The number of halogens is 3. The van der Waals surface area contributed by atoms with Crippen molar-refractivity contribution >= 4 is 0 Å². The second-order valence-corrected chi connectivity index (χ2v) is 3.18. The van der Waals surface area contributed by atoms with Gasteiger partial charge in [-0.2, -0.15) is 13.2 Å². The molecule has 0 aliphatic heterocycles. The first kappa shape index (κ1) is 9.31. The zero-order valence-corrected chi connectivity index (χ0v) is 7.31. The Morgan fingerprint density at radius 3 is 2.64 bits per heavy atom. The maximum Gasteiger partial charge on any atom is 0.416 e. The molecule has 0 atom stereocenters. The van der Waals surface area contributed by atoms with Gasteiger partial charge in [0, 0.05) is 6.42 Å². The lowest BCUT2D eigenvalue weighted by molar-refractivity contribution is -0.138. The molecule has 0 bridgehead atoms. The zero-order chi connectivity index (χ0) is 10.2. The predicted octanol–water partition coefficient (Wildman–Crippen LogP) is 3.37. The van der Waals surface area contributed by atoms with Gasteiger partial charge in [0.25, 0.3) is 0 Å². The van der Waals surface area contributed by atoms with E-state index in [0.29, 0.717) is 12.0 Å². The number of hydrogen-bond donors (Lipinski definition) is 0. The van der Waals surface area contributed by atoms with Gasteiger partial charge < -0.3 is 0 Å². The fraction of sp³-hybridized carbons (Fsp3) is 0.182. The summed E-state index contributed by atoms with van der Waals surface area (Å²) in [6.07, 6.45) is 1.35. The summed E-state index contributed by atoms with van der Waals surface area (Å²) in [6, 6.07) is 4.30. The van der Waals surface area contributed by atoms with Crippen LogP contribution in [0.5, 0.6) is 0 Å². The van der Waals surface area contributed by atoms with E-state index in [1.165, 1.54) is 12.5 Å². The SMILES string of the molecule is FC(F)(F)c1cccc2c1[CH]C=CC2. The molecule has 3 heteroatoms. The van der Waals surface area contributed by atoms with Crippen molar-refractivity contribution in [3.63, 3.8) is 0 Å². The van der Waals surface area contributed by atoms with Crippen molar-refractivity contribution in [3.8, 4) is 0 Å². The summed E-state index contributed by atoms with van der Waals surface area (Å²) in [5.74, 6) is 0. The largest absolute Gasteiger partial charge is 0.416 e. The average Bonchev–Trinajstić information content (AvgIpc) is 2.15. The van der Waals surface area contributed by atoms with E-state index < -0.39 is 11.7 Å². The topological polar surface area (TPSA) is 0 Å². The minimum Gasteiger partial charge on any atom is -0.166 e. The molecule has 73 valence electrons. The van der Waals surface area contributed by atoms with Gasteiger partial charge in [0.05, 0.1) is 5.56 Å². The number of hydrogen-bond acceptors (Lipinski definition) is 0. The molecule has 14 heavy (non-hydrogen) atoms. The number of benzene rings is 1. The van der Waals surface area contributed by atoms with E-state index in [0.717, 1.165) is 11.6 Å². The van der Waals surface area contributed by atoms with Gasteiger partial charge in [-0.25, -0.2) is 0 Å². The van der Waals surface area contributed by atoms with Gasteiger partial charge in [0.15, 0.2) is 0 Å².